The van der Waals surface area contributed by atoms with E-state index in [1.165, 1.54) is 0 Å². The molecular weight excluding hydrogens is 302 g/mol. The third-order valence-electron chi connectivity index (χ3n) is 3.55. The van der Waals surface area contributed by atoms with E-state index >= 15 is 0 Å². The molecule has 0 atom stereocenters. The molecule has 0 aliphatic rings. The minimum Gasteiger partial charge on any atom is -0.462 e. The van der Waals surface area contributed by atoms with Crippen LogP contribution in [0.5, 0.6) is 0 Å². The Bertz CT molecular complexity index is 908. The average Bonchev–Trinajstić information content (AvgIpc) is 3.07. The first-order valence-electron chi connectivity index (χ1n) is 7.54. The van der Waals surface area contributed by atoms with E-state index in [1.807, 2.05) is 36.5 Å². The minimum atomic E-state index is -0.392. The van der Waals surface area contributed by atoms with Crippen LogP contribution in [0.2, 0.25) is 0 Å². The van der Waals surface area contributed by atoms with Crippen LogP contribution >= 0.6 is 0 Å². The fraction of sp³-hybridized carbons (Fsp3) is 0.105. The van der Waals surface area contributed by atoms with Gasteiger partial charge in [0.2, 0.25) is 0 Å². The van der Waals surface area contributed by atoms with Crippen LogP contribution < -0.4 is 0 Å². The Morgan fingerprint density at radius 3 is 2.75 bits per heavy atom. The van der Waals surface area contributed by atoms with Gasteiger partial charge in [-0.15, -0.1) is 0 Å². The summed E-state index contributed by atoms with van der Waals surface area (Å²) < 4.78 is 6.75. The van der Waals surface area contributed by atoms with E-state index in [0.29, 0.717) is 23.6 Å². The van der Waals surface area contributed by atoms with Crippen LogP contribution in [-0.2, 0) is 4.74 Å². The molecule has 0 aliphatic heterocycles. The largest absolute Gasteiger partial charge is 0.462 e. The summed E-state index contributed by atoms with van der Waals surface area (Å²) >= 11 is 0. The second-order valence-electron chi connectivity index (χ2n) is 5.09. The van der Waals surface area contributed by atoms with Gasteiger partial charge in [0.15, 0.2) is 0 Å². The fourth-order valence-corrected chi connectivity index (χ4v) is 2.42. The molecule has 5 heteroatoms. The third-order valence-corrected chi connectivity index (χ3v) is 3.55. The molecule has 0 spiro atoms. The summed E-state index contributed by atoms with van der Waals surface area (Å²) in [6.45, 7) is 2.08. The zero-order valence-electron chi connectivity index (χ0n) is 13.1. The van der Waals surface area contributed by atoms with Crippen LogP contribution in [0.15, 0.2) is 61.1 Å². The summed E-state index contributed by atoms with van der Waals surface area (Å²) in [7, 11) is 0. The number of pyridine rings is 1. The van der Waals surface area contributed by atoms with Crippen LogP contribution in [0.3, 0.4) is 0 Å². The molecule has 0 saturated carbocycles. The van der Waals surface area contributed by atoms with E-state index in [1.54, 1.807) is 36.0 Å². The van der Waals surface area contributed by atoms with E-state index in [4.69, 9.17) is 4.74 Å². The number of ether oxygens (including phenoxy) is 1. The first kappa shape index (κ1) is 15.5. The van der Waals surface area contributed by atoms with Gasteiger partial charge in [0.25, 0.3) is 0 Å². The maximum atomic E-state index is 11.9. The van der Waals surface area contributed by atoms with Gasteiger partial charge in [-0.2, -0.15) is 5.26 Å². The van der Waals surface area contributed by atoms with E-state index < -0.39 is 5.97 Å². The Hall–Kier alpha value is -3.39. The topological polar surface area (TPSA) is 67.9 Å². The number of hydrogen-bond acceptors (Lipinski definition) is 4. The standard InChI is InChI=1S/C19H15N3O2/c1-2-24-19(23)15-8-9-21-18(10-15)22-12-16(11-20)17(13-22)14-6-4-3-5-7-14/h3-10,12-13H,2H2,1H3. The van der Waals surface area contributed by atoms with Gasteiger partial charge in [0.1, 0.15) is 11.9 Å². The molecule has 1 aromatic carbocycles. The quantitative estimate of drug-likeness (QED) is 0.690. The fourth-order valence-electron chi connectivity index (χ4n) is 2.42. The first-order chi connectivity index (χ1) is 11.7. The molecule has 0 fully saturated rings. The van der Waals surface area contributed by atoms with Crippen molar-refractivity contribution in [3.8, 4) is 23.0 Å². The first-order valence-corrected chi connectivity index (χ1v) is 7.54. The normalized spacial score (nSPS) is 10.2. The number of hydrogen-bond donors (Lipinski definition) is 0. The smallest absolute Gasteiger partial charge is 0.338 e. The highest BCUT2D eigenvalue weighted by Gasteiger charge is 2.12. The molecule has 24 heavy (non-hydrogen) atoms. The lowest BCUT2D eigenvalue weighted by molar-refractivity contribution is 0.0526. The van der Waals surface area contributed by atoms with Crippen molar-refractivity contribution in [2.45, 2.75) is 6.92 Å². The molecule has 0 radical (unpaired) electrons. The highest BCUT2D eigenvalue weighted by molar-refractivity contribution is 5.89. The molecule has 3 rings (SSSR count). The van der Waals surface area contributed by atoms with Crippen molar-refractivity contribution in [2.75, 3.05) is 6.61 Å². The summed E-state index contributed by atoms with van der Waals surface area (Å²) in [4.78, 5) is 16.1. The molecule has 0 N–H and O–H groups in total. The summed E-state index contributed by atoms with van der Waals surface area (Å²) in [5.41, 5.74) is 2.75. The number of benzene rings is 1. The molecule has 2 aromatic heterocycles. The third kappa shape index (κ3) is 3.03. The van der Waals surface area contributed by atoms with Crippen molar-refractivity contribution in [1.82, 2.24) is 9.55 Å². The molecule has 0 amide bonds. The Morgan fingerprint density at radius 1 is 1.25 bits per heavy atom. The molecule has 0 saturated heterocycles. The van der Waals surface area contributed by atoms with Gasteiger partial charge in [0.05, 0.1) is 17.7 Å². The number of aromatic nitrogens is 2. The summed E-state index contributed by atoms with van der Waals surface area (Å²) in [5, 5.41) is 9.39. The zero-order valence-corrected chi connectivity index (χ0v) is 13.1. The number of nitriles is 1. The molecule has 0 bridgehead atoms. The molecule has 2 heterocycles. The molecule has 0 aliphatic carbocycles. The van der Waals surface area contributed by atoms with E-state index in [9.17, 15) is 10.1 Å². The van der Waals surface area contributed by atoms with E-state index in [0.717, 1.165) is 11.1 Å². The van der Waals surface area contributed by atoms with Crippen LogP contribution in [0.4, 0.5) is 0 Å². The second kappa shape index (κ2) is 6.80. The highest BCUT2D eigenvalue weighted by Crippen LogP contribution is 2.25. The van der Waals surface area contributed by atoms with Crippen molar-refractivity contribution in [3.05, 3.63) is 72.2 Å². The maximum Gasteiger partial charge on any atom is 0.338 e. The van der Waals surface area contributed by atoms with Gasteiger partial charge in [-0.25, -0.2) is 9.78 Å². The monoisotopic (exact) mass is 317 g/mol. The number of carbonyl (C=O) groups excluding carboxylic acids is 1. The number of rotatable bonds is 4. The molecular formula is C19H15N3O2. The van der Waals surface area contributed by atoms with Crippen molar-refractivity contribution >= 4 is 5.97 Å². The van der Waals surface area contributed by atoms with Crippen LogP contribution in [0.1, 0.15) is 22.8 Å². The summed E-state index contributed by atoms with van der Waals surface area (Å²) in [6, 6.07) is 15.1. The number of esters is 1. The lowest BCUT2D eigenvalue weighted by atomic mass is 10.1. The predicted molar refractivity (Wildman–Crippen MR) is 89.7 cm³/mol. The lowest BCUT2D eigenvalue weighted by Crippen LogP contribution is -2.06. The van der Waals surface area contributed by atoms with Gasteiger partial charge < -0.3 is 9.30 Å². The predicted octanol–water partition coefficient (Wildman–Crippen LogP) is 3.59. The highest BCUT2D eigenvalue weighted by atomic mass is 16.5. The Labute approximate surface area is 139 Å². The van der Waals surface area contributed by atoms with Gasteiger partial charge in [-0.1, -0.05) is 30.3 Å². The SMILES string of the molecule is CCOC(=O)c1ccnc(-n2cc(C#N)c(-c3ccccc3)c2)c1. The molecule has 3 aromatic rings. The van der Waals surface area contributed by atoms with E-state index in [-0.39, 0.29) is 0 Å². The van der Waals surface area contributed by atoms with Gasteiger partial charge in [-0.05, 0) is 24.6 Å². The summed E-state index contributed by atoms with van der Waals surface area (Å²) in [6.07, 6.45) is 5.10. The molecule has 5 nitrogen and oxygen atoms in total. The summed E-state index contributed by atoms with van der Waals surface area (Å²) in [5.74, 6) is 0.163. The molecule has 0 unspecified atom stereocenters. The van der Waals surface area contributed by atoms with E-state index in [2.05, 4.69) is 11.1 Å². The number of nitrogens with zero attached hydrogens (tertiary/aromatic N) is 3. The minimum absolute atomic E-state index is 0.316. The van der Waals surface area contributed by atoms with Crippen molar-refractivity contribution < 1.29 is 9.53 Å². The lowest BCUT2D eigenvalue weighted by Gasteiger charge is -2.05. The maximum absolute atomic E-state index is 11.9. The van der Waals surface area contributed by atoms with Crippen LogP contribution in [-0.4, -0.2) is 22.1 Å². The Kier molecular flexibility index (Phi) is 4.39. The van der Waals surface area contributed by atoms with Crippen molar-refractivity contribution in [2.24, 2.45) is 0 Å². The van der Waals surface area contributed by atoms with Gasteiger partial charge in [0, 0.05) is 24.2 Å². The molecule has 118 valence electrons. The van der Waals surface area contributed by atoms with Gasteiger partial charge in [-0.3, -0.25) is 0 Å². The average molecular weight is 317 g/mol. The van der Waals surface area contributed by atoms with Gasteiger partial charge >= 0.3 is 5.97 Å². The van der Waals surface area contributed by atoms with Crippen LogP contribution in [0.25, 0.3) is 16.9 Å². The Morgan fingerprint density at radius 2 is 2.04 bits per heavy atom. The van der Waals surface area contributed by atoms with Crippen LogP contribution in [0, 0.1) is 11.3 Å². The second-order valence-corrected chi connectivity index (χ2v) is 5.09. The van der Waals surface area contributed by atoms with Crippen molar-refractivity contribution in [3.63, 3.8) is 0 Å². The zero-order chi connectivity index (χ0) is 16.9. The number of carbonyl (C=O) groups is 1. The van der Waals surface area contributed by atoms with Crippen molar-refractivity contribution in [1.29, 1.82) is 5.26 Å². The Balaban J connectivity index is 2.02.